The molecule has 8 heteroatoms. The molecule has 1 aromatic carbocycles. The number of carbonyl (C=O) groups excluding carboxylic acids is 3. The van der Waals surface area contributed by atoms with Crippen LogP contribution in [0.4, 0.5) is 4.79 Å². The van der Waals surface area contributed by atoms with Crippen LogP contribution in [0.2, 0.25) is 0 Å². The van der Waals surface area contributed by atoms with E-state index in [2.05, 4.69) is 23.5 Å². The smallest absolute Gasteiger partial charge is 0.408 e. The molecular formula is C29H45N3O5. The van der Waals surface area contributed by atoms with Crippen LogP contribution in [0.15, 0.2) is 24.3 Å². The molecule has 0 spiro atoms. The largest absolute Gasteiger partial charge is 0.444 e. The van der Waals surface area contributed by atoms with Crippen molar-refractivity contribution in [1.29, 1.82) is 0 Å². The first-order chi connectivity index (χ1) is 17.2. The lowest BCUT2D eigenvalue weighted by Gasteiger charge is -2.36. The van der Waals surface area contributed by atoms with Crippen LogP contribution >= 0.6 is 0 Å². The average Bonchev–Trinajstić information content (AvgIpc) is 2.79. The Labute approximate surface area is 222 Å². The number of alkyl carbamates (subject to hydrolysis) is 1. The first kappa shape index (κ1) is 32.0. The maximum absolute atomic E-state index is 13.8. The predicted octanol–water partition coefficient (Wildman–Crippen LogP) is 4.31. The molecule has 2 unspecified atom stereocenters. The number of terminal acetylenes is 1. The molecule has 0 aliphatic heterocycles. The number of nitrogens with zero attached hydrogens (tertiary/aromatic N) is 1. The zero-order valence-electron chi connectivity index (χ0n) is 23.5. The molecule has 0 bridgehead atoms. The molecular weight excluding hydrogens is 470 g/mol. The minimum Gasteiger partial charge on any atom is -0.444 e. The number of carbonyl (C=O) groups is 3. The number of rotatable bonds is 12. The van der Waals surface area contributed by atoms with E-state index < -0.39 is 47.7 Å². The predicted molar refractivity (Wildman–Crippen MR) is 146 cm³/mol. The van der Waals surface area contributed by atoms with Gasteiger partial charge in [-0.3, -0.25) is 9.59 Å². The van der Waals surface area contributed by atoms with Gasteiger partial charge in [-0.25, -0.2) is 4.79 Å². The van der Waals surface area contributed by atoms with Crippen molar-refractivity contribution in [3.63, 3.8) is 0 Å². The molecule has 0 heterocycles. The second-order valence-corrected chi connectivity index (χ2v) is 11.2. The maximum Gasteiger partial charge on any atom is 0.408 e. The van der Waals surface area contributed by atoms with Gasteiger partial charge in [-0.05, 0) is 59.6 Å². The Kier molecular flexibility index (Phi) is 12.6. The first-order valence-corrected chi connectivity index (χ1v) is 13.0. The molecule has 0 saturated carbocycles. The molecule has 206 valence electrons. The van der Waals surface area contributed by atoms with Crippen molar-refractivity contribution in [2.75, 3.05) is 13.2 Å². The summed E-state index contributed by atoms with van der Waals surface area (Å²) in [5, 5.41) is 15.5. The molecule has 3 N–H and O–H groups in total. The van der Waals surface area contributed by atoms with Crippen molar-refractivity contribution >= 4 is 17.9 Å². The molecule has 0 aliphatic rings. The number of aliphatic hydroxyl groups is 1. The third-order valence-electron chi connectivity index (χ3n) is 5.43. The van der Waals surface area contributed by atoms with Crippen LogP contribution in [0.5, 0.6) is 0 Å². The van der Waals surface area contributed by atoms with Crippen LogP contribution in [-0.4, -0.2) is 58.2 Å². The van der Waals surface area contributed by atoms with Crippen molar-refractivity contribution in [3.8, 4) is 12.3 Å². The van der Waals surface area contributed by atoms with Crippen LogP contribution in [0, 0.1) is 12.3 Å². The molecule has 1 rings (SSSR count). The summed E-state index contributed by atoms with van der Waals surface area (Å²) in [6.45, 7) is 12.4. The van der Waals surface area contributed by atoms with Gasteiger partial charge in [0.25, 0.3) is 0 Å². The molecule has 0 aromatic heterocycles. The van der Waals surface area contributed by atoms with Gasteiger partial charge in [-0.1, -0.05) is 56.7 Å². The molecule has 0 radical (unpaired) electrons. The summed E-state index contributed by atoms with van der Waals surface area (Å²) < 4.78 is 5.28. The number of benzene rings is 1. The number of amides is 3. The Bertz CT molecular complexity index is 940. The van der Waals surface area contributed by atoms with Gasteiger partial charge in [0.15, 0.2) is 0 Å². The molecule has 0 fully saturated rings. The van der Waals surface area contributed by atoms with Crippen molar-refractivity contribution in [2.45, 2.75) is 104 Å². The van der Waals surface area contributed by atoms with E-state index in [1.807, 2.05) is 20.8 Å². The van der Waals surface area contributed by atoms with Crippen molar-refractivity contribution < 1.29 is 24.2 Å². The van der Waals surface area contributed by atoms with Crippen LogP contribution < -0.4 is 10.6 Å². The Balaban J connectivity index is 3.49. The second-order valence-electron chi connectivity index (χ2n) is 11.2. The molecule has 0 saturated heterocycles. The van der Waals surface area contributed by atoms with E-state index in [0.29, 0.717) is 17.5 Å². The minimum atomic E-state index is -1.30. The standard InChI is InChI=1S/C29H45N3O5/c1-9-11-12-13-16-19-32(26(35)23(20-33)30-27(36)37-29(6,7)8)24(25(34)31-28(3,4)5)22-18-15-14-17-21(22)10-2/h2,14-15,17-18,23-24,33H,9,11-13,16,19-20H2,1,3-8H3,(H,30,36)(H,31,34). The number of ether oxygens (including phenoxy) is 1. The Morgan fingerprint density at radius 1 is 1.05 bits per heavy atom. The van der Waals surface area contributed by atoms with E-state index in [0.717, 1.165) is 25.7 Å². The Morgan fingerprint density at radius 3 is 2.22 bits per heavy atom. The summed E-state index contributed by atoms with van der Waals surface area (Å²) >= 11 is 0. The average molecular weight is 516 g/mol. The SMILES string of the molecule is C#Cc1ccccc1C(C(=O)NC(C)(C)C)N(CCCCCCC)C(=O)C(CO)NC(=O)OC(C)(C)C. The lowest BCUT2D eigenvalue weighted by molar-refractivity contribution is -0.144. The van der Waals surface area contributed by atoms with Crippen molar-refractivity contribution in [2.24, 2.45) is 0 Å². The summed E-state index contributed by atoms with van der Waals surface area (Å²) in [6, 6.07) is 4.64. The number of aliphatic hydroxyl groups excluding tert-OH is 1. The zero-order chi connectivity index (χ0) is 28.2. The Hall–Kier alpha value is -3.05. The van der Waals surface area contributed by atoms with Crippen LogP contribution in [0.1, 0.15) is 97.7 Å². The lowest BCUT2D eigenvalue weighted by Crippen LogP contribution is -2.56. The van der Waals surface area contributed by atoms with Gasteiger partial charge in [-0.15, -0.1) is 6.42 Å². The number of unbranched alkanes of at least 4 members (excludes halogenated alkanes) is 4. The third kappa shape index (κ3) is 11.3. The van der Waals surface area contributed by atoms with Crippen molar-refractivity contribution in [3.05, 3.63) is 35.4 Å². The van der Waals surface area contributed by atoms with Gasteiger partial charge in [0.05, 0.1) is 6.61 Å². The number of nitrogens with one attached hydrogen (secondary N) is 2. The van der Waals surface area contributed by atoms with E-state index in [4.69, 9.17) is 11.2 Å². The summed E-state index contributed by atoms with van der Waals surface area (Å²) in [4.78, 5) is 41.4. The Morgan fingerprint density at radius 2 is 1.68 bits per heavy atom. The van der Waals surface area contributed by atoms with E-state index in [1.165, 1.54) is 4.90 Å². The molecule has 37 heavy (non-hydrogen) atoms. The van der Waals surface area contributed by atoms with Gasteiger partial charge < -0.3 is 25.4 Å². The highest BCUT2D eigenvalue weighted by Crippen LogP contribution is 2.27. The fraction of sp³-hybridized carbons (Fsp3) is 0.621. The summed E-state index contributed by atoms with van der Waals surface area (Å²) in [5.74, 6) is 1.63. The maximum atomic E-state index is 13.8. The van der Waals surface area contributed by atoms with Gasteiger partial charge in [0.1, 0.15) is 17.7 Å². The molecule has 3 amide bonds. The van der Waals surface area contributed by atoms with Gasteiger partial charge in [-0.2, -0.15) is 0 Å². The molecule has 0 aliphatic carbocycles. The topological polar surface area (TPSA) is 108 Å². The number of hydrogen-bond donors (Lipinski definition) is 3. The third-order valence-corrected chi connectivity index (χ3v) is 5.43. The summed E-state index contributed by atoms with van der Waals surface area (Å²) in [5.41, 5.74) is -0.363. The normalized spacial score (nSPS) is 13.2. The van der Waals surface area contributed by atoms with Gasteiger partial charge >= 0.3 is 6.09 Å². The van der Waals surface area contributed by atoms with Crippen LogP contribution in [0.3, 0.4) is 0 Å². The minimum absolute atomic E-state index is 0.246. The monoisotopic (exact) mass is 515 g/mol. The highest BCUT2D eigenvalue weighted by atomic mass is 16.6. The van der Waals surface area contributed by atoms with Crippen LogP contribution in [-0.2, 0) is 14.3 Å². The molecule has 1 aromatic rings. The van der Waals surface area contributed by atoms with Crippen LogP contribution in [0.25, 0.3) is 0 Å². The zero-order valence-corrected chi connectivity index (χ0v) is 23.5. The fourth-order valence-electron chi connectivity index (χ4n) is 3.84. The first-order valence-electron chi connectivity index (χ1n) is 13.0. The highest BCUT2D eigenvalue weighted by Gasteiger charge is 2.37. The van der Waals surface area contributed by atoms with E-state index >= 15 is 0 Å². The van der Waals surface area contributed by atoms with E-state index in [-0.39, 0.29) is 6.54 Å². The van der Waals surface area contributed by atoms with E-state index in [1.54, 1.807) is 45.0 Å². The quantitative estimate of drug-likeness (QED) is 0.284. The summed E-state index contributed by atoms with van der Waals surface area (Å²) in [6.07, 6.45) is 9.58. The fourth-order valence-corrected chi connectivity index (χ4v) is 3.84. The van der Waals surface area contributed by atoms with Crippen molar-refractivity contribution in [1.82, 2.24) is 15.5 Å². The summed E-state index contributed by atoms with van der Waals surface area (Å²) in [7, 11) is 0. The lowest BCUT2D eigenvalue weighted by atomic mass is 9.96. The van der Waals surface area contributed by atoms with Gasteiger partial charge in [0, 0.05) is 17.6 Å². The molecule has 8 nitrogen and oxygen atoms in total. The van der Waals surface area contributed by atoms with Gasteiger partial charge in [0.2, 0.25) is 11.8 Å². The second kappa shape index (κ2) is 14.6. The van der Waals surface area contributed by atoms with E-state index in [9.17, 15) is 19.5 Å². The highest BCUT2D eigenvalue weighted by molar-refractivity contribution is 5.92. The number of hydrogen-bond acceptors (Lipinski definition) is 5. The molecule has 2 atom stereocenters.